The van der Waals surface area contributed by atoms with Gasteiger partial charge in [0.2, 0.25) is 0 Å². The van der Waals surface area contributed by atoms with Crippen molar-refractivity contribution < 1.29 is 15.0 Å². The molecule has 5 nitrogen and oxygen atoms in total. The number of nitrogens with zero attached hydrogens (tertiary/aromatic N) is 2. The molecule has 6 heteroatoms. The van der Waals surface area contributed by atoms with Crippen LogP contribution in [0.15, 0.2) is 5.38 Å². The summed E-state index contributed by atoms with van der Waals surface area (Å²) in [6.45, 7) is 0. The maximum atomic E-state index is 10.5. The molecule has 1 aliphatic rings. The zero-order valence-electron chi connectivity index (χ0n) is 7.38. The molecule has 1 saturated carbocycles. The van der Waals surface area contributed by atoms with E-state index in [2.05, 4.69) is 9.59 Å². The summed E-state index contributed by atoms with van der Waals surface area (Å²) in [7, 11) is 0. The topological polar surface area (TPSA) is 83.3 Å². The highest BCUT2D eigenvalue weighted by atomic mass is 32.1. The van der Waals surface area contributed by atoms with Gasteiger partial charge >= 0.3 is 5.97 Å². The molecular formula is C8H10N2O3S. The van der Waals surface area contributed by atoms with E-state index in [1.54, 1.807) is 5.38 Å². The number of carboxylic acid groups (broad SMARTS) is 1. The van der Waals surface area contributed by atoms with Crippen LogP contribution in [0.4, 0.5) is 0 Å². The van der Waals surface area contributed by atoms with E-state index in [1.165, 1.54) is 11.5 Å². The third kappa shape index (κ3) is 1.76. The normalized spacial score (nSPS) is 31.1. The first-order valence-corrected chi connectivity index (χ1v) is 5.14. The van der Waals surface area contributed by atoms with Crippen molar-refractivity contribution in [2.75, 3.05) is 0 Å². The third-order valence-corrected chi connectivity index (χ3v) is 3.07. The molecule has 14 heavy (non-hydrogen) atoms. The predicted molar refractivity (Wildman–Crippen MR) is 48.9 cm³/mol. The SMILES string of the molecule is O=C(O)C1CC(O)(Cc2csnn2)C1. The third-order valence-electron chi connectivity index (χ3n) is 2.52. The lowest BCUT2D eigenvalue weighted by Crippen LogP contribution is -2.48. The van der Waals surface area contributed by atoms with Gasteiger partial charge in [-0.2, -0.15) is 0 Å². The van der Waals surface area contributed by atoms with Gasteiger partial charge < -0.3 is 10.2 Å². The first-order chi connectivity index (χ1) is 6.59. The lowest BCUT2D eigenvalue weighted by molar-refractivity contribution is -0.158. The summed E-state index contributed by atoms with van der Waals surface area (Å²) >= 11 is 1.23. The van der Waals surface area contributed by atoms with E-state index in [-0.39, 0.29) is 0 Å². The van der Waals surface area contributed by atoms with Gasteiger partial charge in [-0.05, 0) is 24.4 Å². The van der Waals surface area contributed by atoms with E-state index in [0.717, 1.165) is 5.69 Å². The zero-order chi connectivity index (χ0) is 10.2. The molecule has 1 aliphatic carbocycles. The number of aliphatic carboxylic acids is 1. The molecule has 0 unspecified atom stereocenters. The summed E-state index contributed by atoms with van der Waals surface area (Å²) in [6.07, 6.45) is 1.05. The molecule has 76 valence electrons. The summed E-state index contributed by atoms with van der Waals surface area (Å²) in [5.41, 5.74) is -0.139. The minimum absolute atomic E-state index is 0.319. The first kappa shape index (κ1) is 9.54. The number of hydrogen-bond acceptors (Lipinski definition) is 5. The van der Waals surface area contributed by atoms with E-state index < -0.39 is 17.5 Å². The molecular weight excluding hydrogens is 204 g/mol. The van der Waals surface area contributed by atoms with E-state index >= 15 is 0 Å². The average molecular weight is 214 g/mol. The average Bonchev–Trinajstić information content (AvgIpc) is 2.51. The van der Waals surface area contributed by atoms with Crippen molar-refractivity contribution in [3.8, 4) is 0 Å². The molecule has 0 spiro atoms. The Morgan fingerprint density at radius 1 is 1.71 bits per heavy atom. The molecule has 0 aromatic carbocycles. The van der Waals surface area contributed by atoms with E-state index in [0.29, 0.717) is 19.3 Å². The summed E-state index contributed by atoms with van der Waals surface area (Å²) in [5.74, 6) is -1.22. The standard InChI is InChI=1S/C8H10N2O3S/c11-7(12)5-1-8(13,2-5)3-6-4-14-10-9-6/h4-5,13H,1-3H2,(H,11,12). The van der Waals surface area contributed by atoms with Crippen molar-refractivity contribution in [2.24, 2.45) is 5.92 Å². The van der Waals surface area contributed by atoms with Gasteiger partial charge in [0.25, 0.3) is 0 Å². The Morgan fingerprint density at radius 2 is 2.43 bits per heavy atom. The van der Waals surface area contributed by atoms with Crippen molar-refractivity contribution in [2.45, 2.75) is 24.9 Å². The van der Waals surface area contributed by atoms with Crippen molar-refractivity contribution in [1.82, 2.24) is 9.59 Å². The van der Waals surface area contributed by atoms with E-state index in [4.69, 9.17) is 5.11 Å². The smallest absolute Gasteiger partial charge is 0.306 e. The highest BCUT2D eigenvalue weighted by Gasteiger charge is 2.46. The fraction of sp³-hybridized carbons (Fsp3) is 0.625. The van der Waals surface area contributed by atoms with Crippen molar-refractivity contribution in [3.05, 3.63) is 11.1 Å². The van der Waals surface area contributed by atoms with Gasteiger partial charge in [-0.25, -0.2) is 0 Å². The second-order valence-electron chi connectivity index (χ2n) is 3.74. The second kappa shape index (κ2) is 3.29. The molecule has 2 rings (SSSR count). The number of carboxylic acids is 1. The molecule has 0 saturated heterocycles. The van der Waals surface area contributed by atoms with Gasteiger partial charge in [-0.1, -0.05) is 4.49 Å². The van der Waals surface area contributed by atoms with Crippen molar-refractivity contribution in [1.29, 1.82) is 0 Å². The monoisotopic (exact) mass is 214 g/mol. The van der Waals surface area contributed by atoms with Crippen LogP contribution in [0.3, 0.4) is 0 Å². The second-order valence-corrected chi connectivity index (χ2v) is 4.35. The maximum Gasteiger partial charge on any atom is 0.306 e. The van der Waals surface area contributed by atoms with Crippen LogP contribution in [-0.2, 0) is 11.2 Å². The van der Waals surface area contributed by atoms with Gasteiger partial charge in [0.15, 0.2) is 0 Å². The minimum atomic E-state index is -0.876. The van der Waals surface area contributed by atoms with Crippen LogP contribution in [0.2, 0.25) is 0 Å². The number of aliphatic hydroxyl groups is 1. The van der Waals surface area contributed by atoms with Crippen LogP contribution in [0, 0.1) is 5.92 Å². The van der Waals surface area contributed by atoms with Crippen LogP contribution in [0.25, 0.3) is 0 Å². The van der Waals surface area contributed by atoms with Crippen LogP contribution < -0.4 is 0 Å². The molecule has 1 aromatic heterocycles. The molecule has 0 amide bonds. The van der Waals surface area contributed by atoms with Crippen LogP contribution in [0.5, 0.6) is 0 Å². The van der Waals surface area contributed by atoms with Crippen LogP contribution in [-0.4, -0.2) is 31.4 Å². The van der Waals surface area contributed by atoms with E-state index in [9.17, 15) is 9.90 Å². The molecule has 0 radical (unpaired) electrons. The molecule has 0 atom stereocenters. The summed E-state index contributed by atoms with van der Waals surface area (Å²) in [6, 6.07) is 0. The van der Waals surface area contributed by atoms with Gasteiger partial charge in [-0.15, -0.1) is 5.10 Å². The molecule has 1 heterocycles. The van der Waals surface area contributed by atoms with Gasteiger partial charge in [0.05, 0.1) is 17.2 Å². The van der Waals surface area contributed by atoms with Crippen LogP contribution >= 0.6 is 11.5 Å². The lowest BCUT2D eigenvalue weighted by Gasteiger charge is -2.41. The van der Waals surface area contributed by atoms with Gasteiger partial charge in [0.1, 0.15) is 0 Å². The Balaban J connectivity index is 1.92. The predicted octanol–water partition coefficient (Wildman–Crippen LogP) is 0.306. The summed E-state index contributed by atoms with van der Waals surface area (Å²) < 4.78 is 3.68. The highest BCUT2D eigenvalue weighted by molar-refractivity contribution is 7.03. The molecule has 1 aromatic rings. The largest absolute Gasteiger partial charge is 0.481 e. The van der Waals surface area contributed by atoms with Crippen molar-refractivity contribution >= 4 is 17.5 Å². The molecule has 2 N–H and O–H groups in total. The fourth-order valence-corrected chi connectivity index (χ4v) is 2.23. The minimum Gasteiger partial charge on any atom is -0.481 e. The maximum absolute atomic E-state index is 10.5. The first-order valence-electron chi connectivity index (χ1n) is 4.30. The Labute approximate surface area is 84.6 Å². The Morgan fingerprint density at radius 3 is 2.93 bits per heavy atom. The number of carbonyl (C=O) groups is 1. The molecule has 0 aliphatic heterocycles. The quantitative estimate of drug-likeness (QED) is 0.756. The zero-order valence-corrected chi connectivity index (χ0v) is 8.20. The Bertz CT molecular complexity index is 332. The fourth-order valence-electron chi connectivity index (χ4n) is 1.77. The van der Waals surface area contributed by atoms with Gasteiger partial charge in [0, 0.05) is 11.8 Å². The number of aromatic nitrogens is 2. The molecule has 0 bridgehead atoms. The Hall–Kier alpha value is -1.01. The van der Waals surface area contributed by atoms with Crippen LogP contribution in [0.1, 0.15) is 18.5 Å². The van der Waals surface area contributed by atoms with E-state index in [1.807, 2.05) is 0 Å². The lowest BCUT2D eigenvalue weighted by atomic mass is 9.69. The summed E-state index contributed by atoms with van der Waals surface area (Å²) in [5, 5.41) is 24.1. The van der Waals surface area contributed by atoms with Crippen molar-refractivity contribution in [3.63, 3.8) is 0 Å². The highest BCUT2D eigenvalue weighted by Crippen LogP contribution is 2.40. The number of rotatable bonds is 3. The Kier molecular flexibility index (Phi) is 2.24. The number of hydrogen-bond donors (Lipinski definition) is 2. The summed E-state index contributed by atoms with van der Waals surface area (Å²) in [4.78, 5) is 10.5. The molecule has 1 fully saturated rings. The van der Waals surface area contributed by atoms with Gasteiger partial charge in [-0.3, -0.25) is 4.79 Å².